The number of phenols is 1. The first-order valence-corrected chi connectivity index (χ1v) is 28.5. The Hall–Kier alpha value is -6.35. The molecule has 5 unspecified atom stereocenters. The van der Waals surface area contributed by atoms with Gasteiger partial charge in [-0.2, -0.15) is 12.6 Å². The van der Waals surface area contributed by atoms with E-state index in [-0.39, 0.29) is 82.5 Å². The zero-order valence-corrected chi connectivity index (χ0v) is 47.8. The molecule has 1 aliphatic rings. The lowest BCUT2D eigenvalue weighted by atomic mass is 9.87. The summed E-state index contributed by atoms with van der Waals surface area (Å²) < 4.78 is 0. The van der Waals surface area contributed by atoms with Crippen LogP contribution in [0, 0.1) is 29.6 Å². The molecule has 7 amide bonds. The number of carboxylic acid groups (broad SMARTS) is 1. The van der Waals surface area contributed by atoms with E-state index in [2.05, 4.69) is 44.5 Å². The number of hydrogen-bond donors (Lipinski definition) is 14. The number of aliphatic carboxylic acids is 1. The number of nitrogens with two attached hydrogens (primary N) is 4. The number of unbranched alkanes of at least 4 members (excludes halogenated alkanes) is 2. The normalized spacial score (nSPS) is 19.7. The lowest BCUT2D eigenvalue weighted by molar-refractivity contribution is -0.146. The highest BCUT2D eigenvalue weighted by Gasteiger charge is 2.37. The lowest BCUT2D eigenvalue weighted by Gasteiger charge is -2.27. The molecule has 17 N–H and O–H groups in total. The zero-order chi connectivity index (χ0) is 60.8. The number of carbonyl (C=O) groups excluding carboxylic acids is 11. The molecule has 1 fully saturated rings. The number of thiol groups is 1. The average molecular weight is 1160 g/mol. The maximum absolute atomic E-state index is 14.7. The molecule has 0 radical (unpaired) electrons. The Bertz CT molecular complexity index is 2290. The van der Waals surface area contributed by atoms with E-state index in [9.17, 15) is 72.9 Å². The summed E-state index contributed by atoms with van der Waals surface area (Å²) in [6.07, 6.45) is -3.00. The Balaban J connectivity index is 2.59. The summed E-state index contributed by atoms with van der Waals surface area (Å²) in [6.45, 7) is 5.07. The molecular formula is C55H88N10O15S. The van der Waals surface area contributed by atoms with Crippen molar-refractivity contribution in [2.75, 3.05) is 31.9 Å². The summed E-state index contributed by atoms with van der Waals surface area (Å²) >= 11 is 4.06. The van der Waals surface area contributed by atoms with Crippen LogP contribution in [0.25, 0.3) is 0 Å². The quantitative estimate of drug-likeness (QED) is 0.0322. The van der Waals surface area contributed by atoms with E-state index in [1.807, 2.05) is 0 Å². The molecule has 25 nitrogen and oxygen atoms in total. The molecule has 0 bridgehead atoms. The summed E-state index contributed by atoms with van der Waals surface area (Å²) in [5.41, 5.74) is 23.4. The first-order valence-electron chi connectivity index (χ1n) is 27.9. The van der Waals surface area contributed by atoms with Crippen molar-refractivity contribution >= 4 is 83.1 Å². The number of carboxylic acids is 1. The van der Waals surface area contributed by atoms with Gasteiger partial charge in [0.15, 0.2) is 23.1 Å². The summed E-state index contributed by atoms with van der Waals surface area (Å²) in [5.74, 6) is -15.1. The van der Waals surface area contributed by atoms with Crippen LogP contribution in [0.1, 0.15) is 135 Å². The minimum atomic E-state index is -1.51. The van der Waals surface area contributed by atoms with Gasteiger partial charge in [-0.3, -0.25) is 57.5 Å². The SMILES string of the molecule is CC(C)[C@H](CC(=O)C1CCC(=O)NCCC(=O)NCCCCC(NC(=O)[C@H](CCCCN)CC(=O)C(Cc2ccc(O)cc2)NC(=O)[C@H](CC(N)=O)CC(=O)C(CCCCN)NC(=O)[C@@H](N)CS)C(=O)C[C@@H](C(C)O)C(=O)N1)C(=O)O. The van der Waals surface area contributed by atoms with Crippen LogP contribution >= 0.6 is 12.6 Å². The molecule has 81 heavy (non-hydrogen) atoms. The number of aliphatic hydroxyl groups is 1. The van der Waals surface area contributed by atoms with Crippen LogP contribution in [0.4, 0.5) is 0 Å². The first-order chi connectivity index (χ1) is 38.3. The van der Waals surface area contributed by atoms with Crippen molar-refractivity contribution in [2.24, 2.45) is 52.5 Å². The van der Waals surface area contributed by atoms with Crippen LogP contribution < -0.4 is 54.8 Å². The van der Waals surface area contributed by atoms with E-state index in [4.69, 9.17) is 22.9 Å². The average Bonchev–Trinajstić information content (AvgIpc) is 3.40. The smallest absolute Gasteiger partial charge is 0.307 e. The van der Waals surface area contributed by atoms with Gasteiger partial charge >= 0.3 is 5.97 Å². The third-order valence-electron chi connectivity index (χ3n) is 14.2. The second-order valence-corrected chi connectivity index (χ2v) is 21.6. The minimum Gasteiger partial charge on any atom is -0.508 e. The Morgan fingerprint density at radius 1 is 0.728 bits per heavy atom. The van der Waals surface area contributed by atoms with Crippen molar-refractivity contribution in [1.29, 1.82) is 0 Å². The van der Waals surface area contributed by atoms with E-state index < -0.39 is 168 Å². The number of aromatic hydroxyl groups is 1. The summed E-state index contributed by atoms with van der Waals surface area (Å²) in [7, 11) is 0. The molecule has 1 aliphatic heterocycles. The molecule has 10 atom stereocenters. The van der Waals surface area contributed by atoms with Crippen LogP contribution in [0.3, 0.4) is 0 Å². The predicted octanol–water partition coefficient (Wildman–Crippen LogP) is -0.726. The largest absolute Gasteiger partial charge is 0.508 e. The van der Waals surface area contributed by atoms with Gasteiger partial charge in [-0.25, -0.2) is 0 Å². The van der Waals surface area contributed by atoms with Gasteiger partial charge in [0.1, 0.15) is 5.75 Å². The number of Topliss-reactive ketones (excluding diaryl/α,β-unsaturated/α-hetero) is 4. The maximum Gasteiger partial charge on any atom is 0.307 e. The monoisotopic (exact) mass is 1160 g/mol. The number of amides is 7. The Morgan fingerprint density at radius 2 is 1.32 bits per heavy atom. The summed E-state index contributed by atoms with van der Waals surface area (Å²) in [6, 6.07) is -0.660. The van der Waals surface area contributed by atoms with E-state index in [0.29, 0.717) is 44.2 Å². The second-order valence-electron chi connectivity index (χ2n) is 21.2. The van der Waals surface area contributed by atoms with Crippen molar-refractivity contribution < 1.29 is 72.9 Å². The number of phenolic OH excluding ortho intramolecular Hbond substituents is 1. The molecule has 454 valence electrons. The highest BCUT2D eigenvalue weighted by Crippen LogP contribution is 2.23. The third-order valence-corrected chi connectivity index (χ3v) is 14.6. The van der Waals surface area contributed by atoms with Gasteiger partial charge in [0, 0.05) is 69.7 Å². The molecule has 1 heterocycles. The molecule has 0 saturated carbocycles. The number of carbonyl (C=O) groups is 12. The van der Waals surface area contributed by atoms with Gasteiger partial charge in [-0.1, -0.05) is 32.4 Å². The minimum absolute atomic E-state index is 0.0324. The van der Waals surface area contributed by atoms with Gasteiger partial charge in [0.25, 0.3) is 0 Å². The van der Waals surface area contributed by atoms with Crippen molar-refractivity contribution in [3.8, 4) is 5.75 Å². The van der Waals surface area contributed by atoms with Gasteiger partial charge < -0.3 is 70.2 Å². The Labute approximate surface area is 478 Å². The van der Waals surface area contributed by atoms with Crippen LogP contribution in [-0.2, 0) is 64.0 Å². The molecule has 0 aromatic heterocycles. The van der Waals surface area contributed by atoms with E-state index in [1.165, 1.54) is 31.2 Å². The molecule has 0 aliphatic carbocycles. The molecule has 1 aromatic rings. The van der Waals surface area contributed by atoms with Crippen molar-refractivity contribution in [3.63, 3.8) is 0 Å². The number of hydrogen-bond acceptors (Lipinski definition) is 18. The predicted molar refractivity (Wildman–Crippen MR) is 301 cm³/mol. The Kier molecular flexibility index (Phi) is 32.9. The van der Waals surface area contributed by atoms with Crippen LogP contribution in [-0.4, -0.2) is 154 Å². The fourth-order valence-corrected chi connectivity index (χ4v) is 9.34. The van der Waals surface area contributed by atoms with Crippen LogP contribution in [0.5, 0.6) is 5.75 Å². The van der Waals surface area contributed by atoms with Gasteiger partial charge in [-0.15, -0.1) is 0 Å². The lowest BCUT2D eigenvalue weighted by Crippen LogP contribution is -2.51. The van der Waals surface area contributed by atoms with E-state index >= 15 is 0 Å². The fourth-order valence-electron chi connectivity index (χ4n) is 9.18. The van der Waals surface area contributed by atoms with Gasteiger partial charge in [-0.05, 0) is 108 Å². The molecule has 1 aromatic carbocycles. The van der Waals surface area contributed by atoms with Gasteiger partial charge in [0.05, 0.1) is 54.1 Å². The third kappa shape index (κ3) is 26.9. The summed E-state index contributed by atoms with van der Waals surface area (Å²) in [5, 5.41) is 46.7. The van der Waals surface area contributed by atoms with E-state index in [0.717, 1.165) is 0 Å². The Morgan fingerprint density at radius 3 is 1.91 bits per heavy atom. The van der Waals surface area contributed by atoms with Crippen LogP contribution in [0.2, 0.25) is 0 Å². The molecule has 0 spiro atoms. The topological polar surface area (TPSA) is 442 Å². The standard InChI is InChI=1S/C55H88N10O15S/c1-31(2)37(55(79)80)28-46(70)42-17-18-49(73)61-23-19-50(74)60-22-9-6-12-41(47(71)29-38(32(3)66)53(77)63-42)62-51(75)34(10-4-7-20-56)25-45(69)43(24-33-13-15-36(67)16-14-33)65-52(76)35(27-48(59)72)26-44(68)40(11-5-8-21-57)64-54(78)39(58)30-81/h13-16,31-32,34-35,37-43,66-67,81H,4-12,17-30,56-58H2,1-3H3,(H2,59,72)(H,60,74)(H,61,73)(H,62,75)(H,63,77)(H,64,78)(H,65,76)(H,79,80)/t32?,34-,35+,37+,38+,39+,40?,41?,42?,43?/m1/s1. The number of rotatable bonds is 31. The van der Waals surface area contributed by atoms with Crippen molar-refractivity contribution in [3.05, 3.63) is 29.8 Å². The molecule has 2 rings (SSSR count). The zero-order valence-electron chi connectivity index (χ0n) is 46.9. The fraction of sp³-hybridized carbons (Fsp3) is 0.673. The number of nitrogens with one attached hydrogen (secondary N) is 6. The second kappa shape index (κ2) is 37.6. The highest BCUT2D eigenvalue weighted by atomic mass is 32.1. The molecule has 26 heteroatoms. The summed E-state index contributed by atoms with van der Waals surface area (Å²) in [4.78, 5) is 162. The maximum atomic E-state index is 14.7. The highest BCUT2D eigenvalue weighted by molar-refractivity contribution is 7.80. The van der Waals surface area contributed by atoms with Crippen molar-refractivity contribution in [1.82, 2.24) is 31.9 Å². The van der Waals surface area contributed by atoms with Gasteiger partial charge in [0.2, 0.25) is 41.4 Å². The first kappa shape index (κ1) is 70.8. The number of ketones is 4. The van der Waals surface area contributed by atoms with Crippen molar-refractivity contribution in [2.45, 2.75) is 173 Å². The molecular weight excluding hydrogens is 1070 g/mol. The van der Waals surface area contributed by atoms with Crippen LogP contribution in [0.15, 0.2) is 24.3 Å². The number of aliphatic hydroxyl groups excluding tert-OH is 1. The number of primary amides is 1. The number of benzene rings is 1. The van der Waals surface area contributed by atoms with E-state index in [1.54, 1.807) is 13.8 Å². The molecule has 1 saturated heterocycles.